The van der Waals surface area contributed by atoms with Gasteiger partial charge in [-0.2, -0.15) is 0 Å². The van der Waals surface area contributed by atoms with Crippen molar-refractivity contribution in [2.24, 2.45) is 5.14 Å². The van der Waals surface area contributed by atoms with E-state index < -0.39 is 21.6 Å². The van der Waals surface area contributed by atoms with E-state index in [4.69, 9.17) is 25.9 Å². The second-order valence-corrected chi connectivity index (χ2v) is 8.66. The lowest BCUT2D eigenvalue weighted by Crippen LogP contribution is -2.16. The van der Waals surface area contributed by atoms with Crippen molar-refractivity contribution in [3.63, 3.8) is 0 Å². The first-order chi connectivity index (χ1) is 13.5. The molecule has 152 valence electrons. The van der Waals surface area contributed by atoms with Crippen LogP contribution in [-0.2, 0) is 21.4 Å². The van der Waals surface area contributed by atoms with Crippen molar-refractivity contribution in [1.29, 1.82) is 0 Å². The van der Waals surface area contributed by atoms with Gasteiger partial charge in [0, 0.05) is 22.0 Å². The Bertz CT molecular complexity index is 1310. The molecule has 0 unspecified atom stereocenters. The fraction of sp³-hybridized carbons (Fsp3) is 0.200. The maximum Gasteiger partial charge on any atom is 0.338 e. The van der Waals surface area contributed by atoms with Crippen molar-refractivity contribution in [2.45, 2.75) is 32.3 Å². The fourth-order valence-electron chi connectivity index (χ4n) is 2.93. The summed E-state index contributed by atoms with van der Waals surface area (Å²) in [5.41, 5.74) is 1.97. The molecule has 0 fully saturated rings. The summed E-state index contributed by atoms with van der Waals surface area (Å²) >= 11 is 6.15. The van der Waals surface area contributed by atoms with Crippen LogP contribution in [0, 0.1) is 20.8 Å². The highest BCUT2D eigenvalue weighted by Crippen LogP contribution is 2.26. The summed E-state index contributed by atoms with van der Waals surface area (Å²) in [7, 11) is -4.00. The Kier molecular flexibility index (Phi) is 5.53. The van der Waals surface area contributed by atoms with E-state index in [1.165, 1.54) is 18.2 Å². The summed E-state index contributed by atoms with van der Waals surface area (Å²) in [4.78, 5) is 24.2. The molecule has 0 aliphatic heterocycles. The van der Waals surface area contributed by atoms with Crippen LogP contribution < -0.4 is 10.8 Å². The Hall–Kier alpha value is -2.68. The van der Waals surface area contributed by atoms with Gasteiger partial charge in [-0.15, -0.1) is 0 Å². The topological polar surface area (TPSA) is 117 Å². The number of ether oxygens (including phenoxy) is 1. The SMILES string of the molecule is Cc1cc2oc(=O)cc(COC(=O)c3cc(C)c(C)c(S(N)(=O)=O)c3)c2cc1Cl. The third-order valence-electron chi connectivity index (χ3n) is 4.63. The Labute approximate surface area is 172 Å². The minimum Gasteiger partial charge on any atom is -0.457 e. The molecular formula is C20H18ClNO6S. The van der Waals surface area contributed by atoms with Crippen LogP contribution in [0.1, 0.15) is 32.6 Å². The van der Waals surface area contributed by atoms with Crippen LogP contribution in [0.4, 0.5) is 0 Å². The number of halogens is 1. The number of carbonyl (C=O) groups is 1. The zero-order valence-corrected chi connectivity index (χ0v) is 17.5. The summed E-state index contributed by atoms with van der Waals surface area (Å²) < 4.78 is 34.0. The molecule has 3 aromatic rings. The maximum absolute atomic E-state index is 12.5. The van der Waals surface area contributed by atoms with Gasteiger partial charge in [-0.25, -0.2) is 23.1 Å². The molecule has 0 spiro atoms. The van der Waals surface area contributed by atoms with Crippen LogP contribution in [0.2, 0.25) is 5.02 Å². The van der Waals surface area contributed by atoms with Gasteiger partial charge in [-0.05, 0) is 61.7 Å². The van der Waals surface area contributed by atoms with Crippen molar-refractivity contribution >= 4 is 38.6 Å². The third kappa shape index (κ3) is 4.34. The number of primary sulfonamides is 1. The van der Waals surface area contributed by atoms with Crippen molar-refractivity contribution < 1.29 is 22.4 Å². The van der Waals surface area contributed by atoms with E-state index in [0.29, 0.717) is 32.7 Å². The van der Waals surface area contributed by atoms with Crippen LogP contribution in [0.3, 0.4) is 0 Å². The monoisotopic (exact) mass is 435 g/mol. The Morgan fingerprint density at radius 1 is 1.10 bits per heavy atom. The van der Waals surface area contributed by atoms with E-state index in [9.17, 15) is 18.0 Å². The quantitative estimate of drug-likeness (QED) is 0.496. The summed E-state index contributed by atoms with van der Waals surface area (Å²) in [6.45, 7) is 4.82. The second kappa shape index (κ2) is 7.62. The molecule has 2 N–H and O–H groups in total. The molecule has 0 aliphatic carbocycles. The highest BCUT2D eigenvalue weighted by molar-refractivity contribution is 7.89. The molecule has 0 saturated heterocycles. The molecule has 0 saturated carbocycles. The maximum atomic E-state index is 12.5. The van der Waals surface area contributed by atoms with Crippen LogP contribution >= 0.6 is 11.6 Å². The summed E-state index contributed by atoms with van der Waals surface area (Å²) in [5, 5.41) is 6.25. The lowest BCUT2D eigenvalue weighted by atomic mass is 10.1. The van der Waals surface area contributed by atoms with Gasteiger partial charge in [0.2, 0.25) is 10.0 Å². The molecule has 7 nitrogen and oxygen atoms in total. The first-order valence-corrected chi connectivity index (χ1v) is 10.4. The average molecular weight is 436 g/mol. The number of aryl methyl sites for hydroxylation is 2. The van der Waals surface area contributed by atoms with E-state index in [1.807, 2.05) is 0 Å². The summed E-state index contributed by atoms with van der Waals surface area (Å²) in [6.07, 6.45) is 0. The molecule has 1 aromatic heterocycles. The highest BCUT2D eigenvalue weighted by Gasteiger charge is 2.19. The molecular weight excluding hydrogens is 418 g/mol. The number of esters is 1. The molecule has 0 atom stereocenters. The minimum atomic E-state index is -4.00. The van der Waals surface area contributed by atoms with Gasteiger partial charge in [0.25, 0.3) is 0 Å². The Balaban J connectivity index is 1.95. The molecule has 0 aliphatic rings. The lowest BCUT2D eigenvalue weighted by Gasteiger charge is -2.11. The van der Waals surface area contributed by atoms with Gasteiger partial charge in [-0.1, -0.05) is 11.6 Å². The Morgan fingerprint density at radius 2 is 1.79 bits per heavy atom. The molecule has 0 bridgehead atoms. The van der Waals surface area contributed by atoms with Gasteiger partial charge in [0.15, 0.2) is 0 Å². The third-order valence-corrected chi connectivity index (χ3v) is 6.07. The van der Waals surface area contributed by atoms with Crippen molar-refractivity contribution in [3.8, 4) is 0 Å². The summed E-state index contributed by atoms with van der Waals surface area (Å²) in [6, 6.07) is 7.18. The number of carbonyl (C=O) groups excluding carboxylic acids is 1. The van der Waals surface area contributed by atoms with Crippen molar-refractivity contribution in [2.75, 3.05) is 0 Å². The first kappa shape index (κ1) is 21.0. The Morgan fingerprint density at radius 3 is 2.45 bits per heavy atom. The van der Waals surface area contributed by atoms with Crippen LogP contribution in [0.25, 0.3) is 11.0 Å². The van der Waals surface area contributed by atoms with Gasteiger partial charge >= 0.3 is 11.6 Å². The van der Waals surface area contributed by atoms with E-state index >= 15 is 0 Å². The molecule has 0 radical (unpaired) electrons. The standard InChI is InChI=1S/C20H18ClNO6S/c1-10-4-13(6-18(12(10)3)29(22,25)26)20(24)27-9-14-7-19(23)28-17-5-11(2)16(21)8-15(14)17/h4-8H,9H2,1-3H3,(H2,22,25,26). The number of hydrogen-bond donors (Lipinski definition) is 1. The van der Waals surface area contributed by atoms with E-state index in [1.54, 1.807) is 32.9 Å². The zero-order chi connectivity index (χ0) is 21.5. The molecule has 0 amide bonds. The summed E-state index contributed by atoms with van der Waals surface area (Å²) in [5.74, 6) is -0.752. The van der Waals surface area contributed by atoms with Gasteiger partial charge in [0.1, 0.15) is 12.2 Å². The number of sulfonamides is 1. The zero-order valence-electron chi connectivity index (χ0n) is 15.9. The van der Waals surface area contributed by atoms with Crippen LogP contribution in [0.5, 0.6) is 0 Å². The van der Waals surface area contributed by atoms with Crippen LogP contribution in [-0.4, -0.2) is 14.4 Å². The lowest BCUT2D eigenvalue weighted by molar-refractivity contribution is 0.0473. The average Bonchev–Trinajstić information content (AvgIpc) is 2.62. The predicted molar refractivity (Wildman–Crippen MR) is 109 cm³/mol. The number of hydrogen-bond acceptors (Lipinski definition) is 6. The fourth-order valence-corrected chi connectivity index (χ4v) is 3.98. The van der Waals surface area contributed by atoms with E-state index in [-0.39, 0.29) is 17.1 Å². The number of benzene rings is 2. The van der Waals surface area contributed by atoms with Gasteiger partial charge in [-0.3, -0.25) is 0 Å². The number of fused-ring (bicyclic) bond motifs is 1. The second-order valence-electron chi connectivity index (χ2n) is 6.73. The number of rotatable bonds is 4. The first-order valence-electron chi connectivity index (χ1n) is 8.51. The van der Waals surface area contributed by atoms with E-state index in [2.05, 4.69) is 0 Å². The molecule has 9 heteroatoms. The highest BCUT2D eigenvalue weighted by atomic mass is 35.5. The minimum absolute atomic E-state index is 0.0401. The molecule has 2 aromatic carbocycles. The smallest absolute Gasteiger partial charge is 0.338 e. The normalized spacial score (nSPS) is 11.6. The van der Waals surface area contributed by atoms with E-state index in [0.717, 1.165) is 5.56 Å². The predicted octanol–water partition coefficient (Wildman–Crippen LogP) is 3.38. The molecule has 29 heavy (non-hydrogen) atoms. The van der Waals surface area contributed by atoms with Gasteiger partial charge < -0.3 is 9.15 Å². The van der Waals surface area contributed by atoms with Crippen molar-refractivity contribution in [3.05, 3.63) is 73.6 Å². The largest absolute Gasteiger partial charge is 0.457 e. The molecule has 1 heterocycles. The molecule has 3 rings (SSSR count). The van der Waals surface area contributed by atoms with Gasteiger partial charge in [0.05, 0.1) is 10.5 Å². The van der Waals surface area contributed by atoms with Crippen molar-refractivity contribution in [1.82, 2.24) is 0 Å². The van der Waals surface area contributed by atoms with Crippen LogP contribution in [0.15, 0.2) is 44.4 Å². The number of nitrogens with two attached hydrogens (primary N) is 1.